The van der Waals surface area contributed by atoms with Crippen molar-refractivity contribution in [3.05, 3.63) is 0 Å². The van der Waals surface area contributed by atoms with Gasteiger partial charge in [-0.05, 0) is 12.8 Å². The van der Waals surface area contributed by atoms with E-state index in [-0.39, 0.29) is 19.3 Å². The molecule has 1 rings (SSSR count). The number of hydrogen-bond acceptors (Lipinski definition) is 4. The number of hydrogen-bond donors (Lipinski definition) is 3. The Kier molecular flexibility index (Phi) is 2.90. The van der Waals surface area contributed by atoms with Crippen LogP contribution in [0.3, 0.4) is 0 Å². The molecular weight excluding hydrogens is 176 g/mol. The molecule has 5 heteroatoms. The van der Waals surface area contributed by atoms with Crippen LogP contribution in [0.2, 0.25) is 0 Å². The van der Waals surface area contributed by atoms with Crippen molar-refractivity contribution >= 4 is 5.97 Å². The fourth-order valence-corrected chi connectivity index (χ4v) is 1.58. The highest BCUT2D eigenvalue weighted by Crippen LogP contribution is 2.30. The minimum Gasteiger partial charge on any atom is -0.479 e. The Labute approximate surface area is 75.9 Å². The van der Waals surface area contributed by atoms with Crippen molar-refractivity contribution in [3.8, 4) is 0 Å². The molecule has 1 fully saturated rings. The highest BCUT2D eigenvalue weighted by molar-refractivity contribution is 5.77. The molecule has 0 saturated heterocycles. The first-order valence-corrected chi connectivity index (χ1v) is 4.16. The molecule has 0 bridgehead atoms. The van der Waals surface area contributed by atoms with Crippen LogP contribution in [-0.4, -0.2) is 46.2 Å². The van der Waals surface area contributed by atoms with Gasteiger partial charge in [-0.2, -0.15) is 0 Å². The van der Waals surface area contributed by atoms with Crippen LogP contribution in [0, 0.1) is 0 Å². The molecule has 3 atom stereocenters. The topological polar surface area (TPSA) is 87.0 Å². The van der Waals surface area contributed by atoms with Crippen LogP contribution in [0.25, 0.3) is 0 Å². The summed E-state index contributed by atoms with van der Waals surface area (Å²) in [6.45, 7) is 0. The molecule has 5 nitrogen and oxygen atoms in total. The zero-order chi connectivity index (χ0) is 10.1. The Morgan fingerprint density at radius 1 is 1.62 bits per heavy atom. The van der Waals surface area contributed by atoms with Crippen LogP contribution in [0.4, 0.5) is 0 Å². The van der Waals surface area contributed by atoms with E-state index >= 15 is 0 Å². The summed E-state index contributed by atoms with van der Waals surface area (Å²) < 4.78 is 4.88. The van der Waals surface area contributed by atoms with E-state index in [1.807, 2.05) is 0 Å². The summed E-state index contributed by atoms with van der Waals surface area (Å²) in [5.74, 6) is -1.25. The van der Waals surface area contributed by atoms with Gasteiger partial charge in [-0.15, -0.1) is 0 Å². The number of carbonyl (C=O) groups is 1. The van der Waals surface area contributed by atoms with Gasteiger partial charge in [-0.3, -0.25) is 0 Å². The van der Waals surface area contributed by atoms with Crippen molar-refractivity contribution in [1.82, 2.24) is 0 Å². The first-order chi connectivity index (χ1) is 5.99. The molecule has 0 amide bonds. The Hall–Kier alpha value is -0.650. The molecule has 0 heterocycles. The average molecular weight is 190 g/mol. The third-order valence-electron chi connectivity index (χ3n) is 2.52. The molecule has 3 N–H and O–H groups in total. The lowest BCUT2D eigenvalue weighted by Crippen LogP contribution is -2.50. The van der Waals surface area contributed by atoms with Crippen LogP contribution in [0.1, 0.15) is 19.3 Å². The van der Waals surface area contributed by atoms with Gasteiger partial charge in [0.15, 0.2) is 5.60 Å². The third-order valence-corrected chi connectivity index (χ3v) is 2.52. The van der Waals surface area contributed by atoms with E-state index in [1.54, 1.807) is 0 Å². The quantitative estimate of drug-likeness (QED) is 0.539. The predicted molar refractivity (Wildman–Crippen MR) is 43.2 cm³/mol. The maximum absolute atomic E-state index is 10.7. The molecule has 1 aliphatic carbocycles. The zero-order valence-corrected chi connectivity index (χ0v) is 7.43. The fourth-order valence-electron chi connectivity index (χ4n) is 1.58. The summed E-state index contributed by atoms with van der Waals surface area (Å²) in [4.78, 5) is 10.7. The molecule has 1 saturated carbocycles. The third kappa shape index (κ3) is 1.99. The molecule has 0 unspecified atom stereocenters. The summed E-state index contributed by atoms with van der Waals surface area (Å²) >= 11 is 0. The van der Waals surface area contributed by atoms with Crippen molar-refractivity contribution in [2.75, 3.05) is 7.11 Å². The Morgan fingerprint density at radius 2 is 2.23 bits per heavy atom. The molecule has 0 spiro atoms. The van der Waals surface area contributed by atoms with Gasteiger partial charge in [0, 0.05) is 13.5 Å². The van der Waals surface area contributed by atoms with E-state index in [9.17, 15) is 15.0 Å². The van der Waals surface area contributed by atoms with Crippen LogP contribution in [-0.2, 0) is 9.53 Å². The Balaban J connectivity index is 2.69. The molecule has 13 heavy (non-hydrogen) atoms. The van der Waals surface area contributed by atoms with Gasteiger partial charge in [0.1, 0.15) is 0 Å². The number of carboxylic acids is 1. The SMILES string of the molecule is CO[C@@H]1C[C@](O)(C(=O)O)CC[C@H]1O. The van der Waals surface area contributed by atoms with Crippen LogP contribution in [0.5, 0.6) is 0 Å². The number of methoxy groups -OCH3 is 1. The van der Waals surface area contributed by atoms with Crippen LogP contribution in [0.15, 0.2) is 0 Å². The second-order valence-corrected chi connectivity index (χ2v) is 3.42. The van der Waals surface area contributed by atoms with Crippen molar-refractivity contribution < 1.29 is 24.9 Å². The van der Waals surface area contributed by atoms with Gasteiger partial charge in [0.25, 0.3) is 0 Å². The largest absolute Gasteiger partial charge is 0.479 e. The van der Waals surface area contributed by atoms with Crippen molar-refractivity contribution in [2.45, 2.75) is 37.1 Å². The van der Waals surface area contributed by atoms with E-state index < -0.39 is 23.8 Å². The van der Waals surface area contributed by atoms with Gasteiger partial charge in [0.2, 0.25) is 0 Å². The molecule has 76 valence electrons. The fraction of sp³-hybridized carbons (Fsp3) is 0.875. The average Bonchev–Trinajstić information content (AvgIpc) is 2.09. The number of aliphatic hydroxyl groups is 2. The van der Waals surface area contributed by atoms with E-state index in [4.69, 9.17) is 9.84 Å². The molecule has 0 aromatic carbocycles. The second-order valence-electron chi connectivity index (χ2n) is 3.42. The summed E-state index contributed by atoms with van der Waals surface area (Å²) in [6.07, 6.45) is -0.996. The summed E-state index contributed by atoms with van der Waals surface area (Å²) in [6, 6.07) is 0. The molecule has 0 radical (unpaired) electrons. The van der Waals surface area contributed by atoms with Crippen molar-refractivity contribution in [2.24, 2.45) is 0 Å². The first-order valence-electron chi connectivity index (χ1n) is 4.16. The lowest BCUT2D eigenvalue weighted by molar-refractivity contribution is -0.173. The van der Waals surface area contributed by atoms with Crippen LogP contribution >= 0.6 is 0 Å². The van der Waals surface area contributed by atoms with Gasteiger partial charge >= 0.3 is 5.97 Å². The van der Waals surface area contributed by atoms with Gasteiger partial charge in [-0.1, -0.05) is 0 Å². The molecule has 0 aliphatic heterocycles. The molecule has 0 aromatic heterocycles. The van der Waals surface area contributed by atoms with Crippen molar-refractivity contribution in [1.29, 1.82) is 0 Å². The number of ether oxygens (including phenoxy) is 1. The normalized spacial score (nSPS) is 40.2. The van der Waals surface area contributed by atoms with E-state index in [0.29, 0.717) is 0 Å². The molecule has 0 aromatic rings. The maximum atomic E-state index is 10.7. The summed E-state index contributed by atoms with van der Waals surface area (Å²) in [5.41, 5.74) is -1.74. The standard InChI is InChI=1S/C8H14O5/c1-13-6-4-8(12,7(10)11)3-2-5(6)9/h5-6,9,12H,2-4H2,1H3,(H,10,11)/t5-,6-,8+/m1/s1. The number of aliphatic carboxylic acids is 1. The summed E-state index contributed by atoms with van der Waals surface area (Å²) in [5, 5.41) is 27.6. The molecular formula is C8H14O5. The highest BCUT2D eigenvalue weighted by atomic mass is 16.5. The number of rotatable bonds is 2. The van der Waals surface area contributed by atoms with Crippen molar-refractivity contribution in [3.63, 3.8) is 0 Å². The Morgan fingerprint density at radius 3 is 2.69 bits per heavy atom. The van der Waals surface area contributed by atoms with Gasteiger partial charge in [0.05, 0.1) is 12.2 Å². The smallest absolute Gasteiger partial charge is 0.335 e. The molecule has 1 aliphatic rings. The van der Waals surface area contributed by atoms with E-state index in [0.717, 1.165) is 0 Å². The monoisotopic (exact) mass is 190 g/mol. The maximum Gasteiger partial charge on any atom is 0.335 e. The lowest BCUT2D eigenvalue weighted by atomic mass is 9.81. The predicted octanol–water partition coefficient (Wildman–Crippen LogP) is -0.638. The second kappa shape index (κ2) is 3.61. The first kappa shape index (κ1) is 10.4. The zero-order valence-electron chi connectivity index (χ0n) is 7.43. The minimum atomic E-state index is -1.74. The number of aliphatic hydroxyl groups excluding tert-OH is 1. The van der Waals surface area contributed by atoms with Gasteiger partial charge in [-0.25, -0.2) is 4.79 Å². The highest BCUT2D eigenvalue weighted by Gasteiger charge is 2.44. The Bertz CT molecular complexity index is 205. The minimum absolute atomic E-state index is 0.0556. The summed E-state index contributed by atoms with van der Waals surface area (Å²) in [7, 11) is 1.39. The number of carboxylic acid groups (broad SMARTS) is 1. The van der Waals surface area contributed by atoms with Gasteiger partial charge < -0.3 is 20.1 Å². The van der Waals surface area contributed by atoms with E-state index in [1.165, 1.54) is 7.11 Å². The van der Waals surface area contributed by atoms with Crippen LogP contribution < -0.4 is 0 Å². The lowest BCUT2D eigenvalue weighted by Gasteiger charge is -2.35. The van der Waals surface area contributed by atoms with E-state index in [2.05, 4.69) is 0 Å².